The first kappa shape index (κ1) is 30.6. The Hall–Kier alpha value is 0.627. The maximum absolute atomic E-state index is 3.32. The Kier molecular flexibility index (Phi) is 11.4. The van der Waals surface area contributed by atoms with Crippen molar-refractivity contribution < 1.29 is 17.1 Å². The summed E-state index contributed by atoms with van der Waals surface area (Å²) in [6, 6.07) is 0. The molecule has 0 aromatic heterocycles. The Bertz CT molecular complexity index is 752. The summed E-state index contributed by atoms with van der Waals surface area (Å²) >= 11 is -3.32. The quantitative estimate of drug-likeness (QED) is 0.234. The van der Waals surface area contributed by atoms with E-state index in [9.17, 15) is 0 Å². The van der Waals surface area contributed by atoms with Crippen LogP contribution in [0.3, 0.4) is 0 Å². The molecule has 0 heterocycles. The Balaban J connectivity index is 0.00000420. The van der Waals surface area contributed by atoms with Crippen LogP contribution in [-0.2, 0) is 17.1 Å². The molecule has 0 atom stereocenters. The molecule has 2 aliphatic carbocycles. The summed E-state index contributed by atoms with van der Waals surface area (Å²) in [4.78, 5) is 0. The van der Waals surface area contributed by atoms with Crippen LogP contribution in [0.1, 0.15) is 81.1 Å². The first-order chi connectivity index (χ1) is 12.7. The van der Waals surface area contributed by atoms with Crippen LogP contribution in [0.15, 0.2) is 41.1 Å². The standard InChI is InChI=1S/2C12H19.2CH3.2ClH.Hf.H2Si/c2*1-9(2)7-11-5-6-12(8-11)10(3)4;;;;;;/h2*8-10H,5,7H2,1-4H3;2*1H3;2*1H;;1H2. The summed E-state index contributed by atoms with van der Waals surface area (Å²) in [5.41, 5.74) is 6.82. The minimum Gasteiger partial charge on any atom is -0.147 e. The largest absolute Gasteiger partial charge is 0.147 e. The molecule has 0 aromatic carbocycles. The summed E-state index contributed by atoms with van der Waals surface area (Å²) in [5, 5.41) is 0. The van der Waals surface area contributed by atoms with Gasteiger partial charge in [0.25, 0.3) is 0 Å². The van der Waals surface area contributed by atoms with Crippen molar-refractivity contribution >= 4 is 31.8 Å². The van der Waals surface area contributed by atoms with Crippen molar-refractivity contribution in [2.75, 3.05) is 0 Å². The third kappa shape index (κ3) is 6.81. The van der Waals surface area contributed by atoms with Crippen LogP contribution in [0.25, 0.3) is 0 Å². The zero-order valence-electron chi connectivity index (χ0n) is 21.3. The van der Waals surface area contributed by atoms with Crippen molar-refractivity contribution in [3.05, 3.63) is 41.1 Å². The normalized spacial score (nSPS) is 17.8. The molecule has 0 nitrogen and oxygen atoms in total. The van der Waals surface area contributed by atoms with Gasteiger partial charge >= 0.3 is 179 Å². The zero-order chi connectivity index (χ0) is 21.5. The second kappa shape index (κ2) is 11.2. The van der Waals surface area contributed by atoms with Gasteiger partial charge in [-0.1, -0.05) is 0 Å². The van der Waals surface area contributed by atoms with Gasteiger partial charge in [0.05, 0.1) is 0 Å². The molecule has 0 saturated carbocycles. The molecule has 30 heavy (non-hydrogen) atoms. The topological polar surface area (TPSA) is 0 Å². The average Bonchev–Trinajstić information content (AvgIpc) is 3.11. The third-order valence-electron chi connectivity index (χ3n) is 6.74. The molecule has 0 bridgehead atoms. The maximum atomic E-state index is 2.75. The van der Waals surface area contributed by atoms with Crippen LogP contribution in [0.5, 0.6) is 0 Å². The second-order valence-electron chi connectivity index (χ2n) is 12.0. The van der Waals surface area contributed by atoms with E-state index in [1.54, 1.807) is 22.3 Å². The van der Waals surface area contributed by atoms with E-state index < -0.39 is 17.1 Å². The molecule has 0 spiro atoms. The van der Waals surface area contributed by atoms with Gasteiger partial charge in [0, 0.05) is 0 Å². The molecule has 0 aliphatic heterocycles. The zero-order valence-corrected chi connectivity index (χ0v) is 28.0. The molecule has 0 unspecified atom stereocenters. The van der Waals surface area contributed by atoms with Gasteiger partial charge in [-0.2, -0.15) is 0 Å². The molecular formula is C26H48Cl2HfSi. The van der Waals surface area contributed by atoms with Crippen LogP contribution in [0.2, 0.25) is 9.36 Å². The van der Waals surface area contributed by atoms with Gasteiger partial charge in [-0.15, -0.1) is 24.8 Å². The Labute approximate surface area is 202 Å². The predicted molar refractivity (Wildman–Crippen MR) is 143 cm³/mol. The minimum atomic E-state index is -3.32. The van der Waals surface area contributed by atoms with E-state index in [1.807, 2.05) is 6.66 Å². The van der Waals surface area contributed by atoms with Crippen molar-refractivity contribution in [1.82, 2.24) is 0 Å². The van der Waals surface area contributed by atoms with Crippen LogP contribution < -0.4 is 0 Å². The fraction of sp³-hybridized carbons (Fsp3) is 0.692. The molecule has 0 saturated heterocycles. The van der Waals surface area contributed by atoms with Gasteiger partial charge in [0.15, 0.2) is 0 Å². The minimum absolute atomic E-state index is 0. The van der Waals surface area contributed by atoms with Gasteiger partial charge in [-0.25, -0.2) is 0 Å². The van der Waals surface area contributed by atoms with E-state index in [1.165, 1.54) is 25.7 Å². The first-order valence-electron chi connectivity index (χ1n) is 11.6. The summed E-state index contributed by atoms with van der Waals surface area (Å²) < 4.78 is 9.33. The molecule has 2 aliphatic rings. The van der Waals surface area contributed by atoms with Gasteiger partial charge in [0.1, 0.15) is 0 Å². The van der Waals surface area contributed by atoms with E-state index in [0.29, 0.717) is 11.8 Å². The van der Waals surface area contributed by atoms with Gasteiger partial charge < -0.3 is 0 Å². The van der Waals surface area contributed by atoms with Crippen LogP contribution in [0.4, 0.5) is 0 Å². The first-order valence-corrected chi connectivity index (χ1v) is 30.7. The van der Waals surface area contributed by atoms with Gasteiger partial charge in [-0.3, -0.25) is 0 Å². The SMILES string of the molecule is CC(C)CC1=CC(C(C)C)=[C]([Hf]([CH3])([CH3])(=[SiH2])[C]2=C(C(C)C)C=C(CC(C)C)C2)C1.Cl.Cl. The second-order valence-corrected chi connectivity index (χ2v) is 53.0. The summed E-state index contributed by atoms with van der Waals surface area (Å²) in [7, 11) is 0. The number of rotatable bonds is 8. The Morgan fingerprint density at radius 1 is 0.700 bits per heavy atom. The van der Waals surface area contributed by atoms with Crippen molar-refractivity contribution in [1.29, 1.82) is 0 Å². The number of hydrogen-bond acceptors (Lipinski definition) is 0. The smallest absolute Gasteiger partial charge is 0.147 e. The van der Waals surface area contributed by atoms with E-state index in [-0.39, 0.29) is 24.8 Å². The van der Waals surface area contributed by atoms with Crippen molar-refractivity contribution in [2.24, 2.45) is 23.7 Å². The molecule has 0 fully saturated rings. The monoisotopic (exact) mass is 638 g/mol. The Morgan fingerprint density at radius 2 is 1.00 bits per heavy atom. The molecule has 4 heteroatoms. The van der Waals surface area contributed by atoms with Gasteiger partial charge in [0.2, 0.25) is 0 Å². The summed E-state index contributed by atoms with van der Waals surface area (Å²) in [6.07, 6.45) is 10.3. The predicted octanol–water partition coefficient (Wildman–Crippen LogP) is 8.74. The average molecular weight is 638 g/mol. The van der Waals surface area contributed by atoms with Crippen LogP contribution in [-0.4, -0.2) is 6.94 Å². The van der Waals surface area contributed by atoms with E-state index >= 15 is 0 Å². The van der Waals surface area contributed by atoms with E-state index in [4.69, 9.17) is 0 Å². The fourth-order valence-corrected chi connectivity index (χ4v) is 27.0. The van der Waals surface area contributed by atoms with Crippen LogP contribution in [0, 0.1) is 23.7 Å². The molecule has 2 rings (SSSR count). The molecule has 0 radical (unpaired) electrons. The molecule has 0 amide bonds. The molecule has 0 N–H and O–H groups in total. The van der Waals surface area contributed by atoms with E-state index in [0.717, 1.165) is 11.8 Å². The van der Waals surface area contributed by atoms with Gasteiger partial charge in [-0.05, 0) is 0 Å². The summed E-state index contributed by atoms with van der Waals surface area (Å²) in [6.45, 7) is 21.6. The van der Waals surface area contributed by atoms with E-state index in [2.05, 4.69) is 83.8 Å². The van der Waals surface area contributed by atoms with Crippen molar-refractivity contribution in [3.8, 4) is 0 Å². The van der Waals surface area contributed by atoms with Crippen molar-refractivity contribution in [2.45, 2.75) is 90.4 Å². The number of allylic oxidation sites excluding steroid dienone is 8. The maximum Gasteiger partial charge on any atom is -0.147 e. The summed E-state index contributed by atoms with van der Waals surface area (Å²) in [5.74, 6) is 2.80. The molecule has 0 aromatic rings. The van der Waals surface area contributed by atoms with Crippen LogP contribution >= 0.6 is 24.8 Å². The molecular weight excluding hydrogens is 590 g/mol. The fourth-order valence-electron chi connectivity index (χ4n) is 5.39. The number of hydrogen-bond donors (Lipinski definition) is 0. The van der Waals surface area contributed by atoms with Crippen molar-refractivity contribution in [3.63, 3.8) is 0 Å². The molecule has 174 valence electrons. The number of halogens is 2. The Morgan fingerprint density at radius 3 is 1.23 bits per heavy atom. The third-order valence-corrected chi connectivity index (χ3v) is 31.0.